The van der Waals surface area contributed by atoms with Crippen molar-refractivity contribution in [3.63, 3.8) is 0 Å². The average molecular weight is 2000 g/mol. The van der Waals surface area contributed by atoms with Crippen LogP contribution in [-0.2, 0) is 109 Å². The van der Waals surface area contributed by atoms with E-state index in [-0.39, 0.29) is 209 Å². The summed E-state index contributed by atoms with van der Waals surface area (Å²) in [5.74, 6) is -12.5. The zero-order valence-corrected chi connectivity index (χ0v) is 82.4. The lowest BCUT2D eigenvalue weighted by Gasteiger charge is -2.35. The smallest absolute Gasteiger partial charge is 0.414 e. The van der Waals surface area contributed by atoms with E-state index >= 15 is 9.59 Å². The third kappa shape index (κ3) is 29.0. The van der Waals surface area contributed by atoms with E-state index in [4.69, 9.17) is 47.4 Å². The molecule has 41 nitrogen and oxygen atoms in total. The van der Waals surface area contributed by atoms with Gasteiger partial charge in [0.2, 0.25) is 65.0 Å². The summed E-state index contributed by atoms with van der Waals surface area (Å²) in [6, 6.07) is 14.7. The molecule has 12 bridgehead atoms. The second-order valence-corrected chi connectivity index (χ2v) is 38.7. The minimum atomic E-state index is -1.32. The number of carbonyl (C=O) groups excluding carboxylic acids is 18. The van der Waals surface area contributed by atoms with Gasteiger partial charge in [0.15, 0.2) is 34.6 Å². The summed E-state index contributed by atoms with van der Waals surface area (Å²) in [6.45, 7) is 3.51. The minimum absolute atomic E-state index is 0.00395. The number of nitrogens with one attached hydrogen (secondary N) is 5. The fourth-order valence-electron chi connectivity index (χ4n) is 18.0. The second-order valence-electron chi connectivity index (χ2n) is 35.9. The van der Waals surface area contributed by atoms with Gasteiger partial charge in [-0.2, -0.15) is 0 Å². The molecule has 15 amide bonds. The first-order valence-electron chi connectivity index (χ1n) is 48.0. The van der Waals surface area contributed by atoms with Gasteiger partial charge >= 0.3 is 12.2 Å². The lowest BCUT2D eigenvalue weighted by atomic mass is 10.0. The number of unbranched alkanes of at least 4 members (excludes halogenated alkanes) is 3. The molecule has 0 spiro atoms. The fraction of sp³-hybridized carbons (Fsp3) is 0.571. The number of nitrogens with zero attached hydrogens (tertiary/aromatic N) is 8. The highest BCUT2D eigenvalue weighted by Crippen LogP contribution is 2.44. The Morgan fingerprint density at radius 2 is 0.965 bits per heavy atom. The fourth-order valence-corrected chi connectivity index (χ4v) is 20.7. The number of imide groups is 2. The van der Waals surface area contributed by atoms with Crippen LogP contribution in [0.2, 0.25) is 0 Å². The Kier molecular flexibility index (Phi) is 40.0. The molecular weight excluding hydrogens is 1870 g/mol. The molecule has 0 aromatic heterocycles. The van der Waals surface area contributed by atoms with E-state index in [1.54, 1.807) is 70.5 Å². The molecule has 9 unspecified atom stereocenters. The molecule has 4 aromatic rings. The van der Waals surface area contributed by atoms with Gasteiger partial charge in [0, 0.05) is 158 Å². The maximum absolute atomic E-state index is 15.1. The van der Waals surface area contributed by atoms with Gasteiger partial charge in [0.05, 0.1) is 118 Å². The summed E-state index contributed by atoms with van der Waals surface area (Å²) in [5.41, 5.74) is 2.13. The van der Waals surface area contributed by atoms with Crippen molar-refractivity contribution in [3.8, 4) is 23.0 Å². The number of benzene rings is 4. The number of amides is 15. The number of hydrogen-bond acceptors (Lipinski definition) is 30. The number of thioether (sulfide) groups is 2. The molecular formula is C98H127N13O28S2. The number of anilines is 4. The first kappa shape index (κ1) is 108. The molecule has 43 heteroatoms. The first-order valence-corrected chi connectivity index (χ1v) is 50.1. The quantitative estimate of drug-likeness (QED) is 0.0317. The monoisotopic (exact) mass is 2000 g/mol. The van der Waals surface area contributed by atoms with Crippen molar-refractivity contribution in [1.82, 2.24) is 45.6 Å². The average Bonchev–Trinajstić information content (AvgIpc) is 1.63. The van der Waals surface area contributed by atoms with Crippen molar-refractivity contribution in [3.05, 3.63) is 95.1 Å². The summed E-state index contributed by atoms with van der Waals surface area (Å²) in [4.78, 5) is 266. The van der Waals surface area contributed by atoms with Crippen LogP contribution in [0.3, 0.4) is 0 Å². The predicted octanol–water partition coefficient (Wildman–Crippen LogP) is 7.47. The van der Waals surface area contributed by atoms with Crippen LogP contribution in [0.4, 0.5) is 32.3 Å². The molecule has 141 heavy (non-hydrogen) atoms. The van der Waals surface area contributed by atoms with E-state index in [0.29, 0.717) is 105 Å². The largest absolute Gasteiger partial charge is 0.493 e. The number of methoxy groups -OCH3 is 4. The zero-order valence-electron chi connectivity index (χ0n) is 80.7. The molecule has 11 aliphatic heterocycles. The SMILES string of the molecule is COCCOCCC(=O)CCCCCC1NC(=O)C(C)CC(=O)CN2C(=O)CCN3C(=O)CC(SCSC4CC(=O)N(CCC(=O)N2CC(=O)CC(C)C(=O)NC(CCCCNC(=O)CCOCCOC)C(=O)Nc2ccc(cc2)COC(=O)N2CC5CCCN5C(=O)c5cc(OC)c(cc52)OCCCOc2cc5c(cc2OC)C(=O)N2CCCC2C(C)N5C(=O)OCc2ccc(cc2)NC1=O)C4=O)C3=O. The molecule has 764 valence electrons. The summed E-state index contributed by atoms with van der Waals surface area (Å²) < 4.78 is 57.5. The van der Waals surface area contributed by atoms with Gasteiger partial charge in [-0.1, -0.05) is 51.0 Å². The molecule has 5 fully saturated rings. The number of hydrogen-bond donors (Lipinski definition) is 5. The van der Waals surface area contributed by atoms with E-state index in [9.17, 15) is 76.7 Å². The van der Waals surface area contributed by atoms with Crippen molar-refractivity contribution in [2.45, 2.75) is 210 Å². The standard InChI is InChI=1S/C98H127N13O28S2/c1-60-46-69(113)55-109-85(116)29-36-106-87(118)52-82(95(106)126)140-59-141-83-53-88(119)107(96(83)127)37-30-86(117)110(109)56-70(114)47-61(2)90(121)103-74(19-11-12-33-99-84(115)32-41-135-45-43-131-5)92(123)101-65-25-21-63(22-26-65)57-138-97(128)108-54-67-16-13-34-104(67)93(124)71-48-78(132-6)80(50-76(71)108)136-38-15-39-137-81-51-77-72(49-79(81)133-7)94(125)105-35-14-20-75(105)62(3)111(77)98(129)139-58-64-23-27-66(28-24-64)100-91(122)73(102-89(60)120)18-10-8-9-17-68(112)31-40-134-44-42-130-4/h21-28,48-51,60-62,67,73-75,82-83H,8-20,29-47,52-59H2,1-7H3,(H,99,115)(H,100,122)(H,101,123)(H,102,120)(H,103,121). The molecule has 11 aliphatic rings. The predicted molar refractivity (Wildman–Crippen MR) is 513 cm³/mol. The van der Waals surface area contributed by atoms with Crippen molar-refractivity contribution in [2.24, 2.45) is 11.8 Å². The Bertz CT molecular complexity index is 5170. The summed E-state index contributed by atoms with van der Waals surface area (Å²) >= 11 is 2.15. The number of rotatable bonds is 25. The molecule has 11 heterocycles. The number of carbonyl (C=O) groups is 18. The number of Topliss-reactive ketones (excluding diaryl/α,β-unsaturated/α-hetero) is 3. The van der Waals surface area contributed by atoms with E-state index in [2.05, 4.69) is 26.6 Å². The van der Waals surface area contributed by atoms with Gasteiger partial charge in [-0.05, 0) is 112 Å². The molecule has 4 aromatic carbocycles. The van der Waals surface area contributed by atoms with E-state index < -0.39 is 181 Å². The lowest BCUT2D eigenvalue weighted by Crippen LogP contribution is -2.55. The topological polar surface area (TPSA) is 486 Å². The Balaban J connectivity index is 0.844. The van der Waals surface area contributed by atoms with Gasteiger partial charge in [-0.25, -0.2) is 19.6 Å². The molecule has 0 radical (unpaired) electrons. The molecule has 15 rings (SSSR count). The molecule has 9 atom stereocenters. The van der Waals surface area contributed by atoms with Gasteiger partial charge in [-0.3, -0.25) is 96.3 Å². The maximum Gasteiger partial charge on any atom is 0.414 e. The Hall–Kier alpha value is -12.3. The van der Waals surface area contributed by atoms with E-state index in [0.717, 1.165) is 33.3 Å². The Labute approximate surface area is 826 Å². The van der Waals surface area contributed by atoms with Gasteiger partial charge < -0.3 is 83.8 Å². The highest BCUT2D eigenvalue weighted by atomic mass is 32.2. The van der Waals surface area contributed by atoms with Crippen LogP contribution in [0, 0.1) is 11.8 Å². The van der Waals surface area contributed by atoms with Crippen LogP contribution in [-0.4, -0.2) is 315 Å². The number of hydrazine groups is 1. The van der Waals surface area contributed by atoms with Gasteiger partial charge in [-0.15, -0.1) is 23.5 Å². The highest BCUT2D eigenvalue weighted by molar-refractivity contribution is 8.17. The van der Waals surface area contributed by atoms with Crippen LogP contribution < -0.4 is 55.3 Å². The first-order chi connectivity index (χ1) is 67.9. The summed E-state index contributed by atoms with van der Waals surface area (Å²) in [5, 5.41) is 13.6. The number of fused-ring (bicyclic) bond motifs is 6. The van der Waals surface area contributed by atoms with Crippen molar-refractivity contribution >= 4 is 153 Å². The second kappa shape index (κ2) is 52.4. The van der Waals surface area contributed by atoms with Crippen LogP contribution in [0.1, 0.15) is 187 Å². The third-order valence-electron chi connectivity index (χ3n) is 25.9. The van der Waals surface area contributed by atoms with E-state index in [1.165, 1.54) is 64.2 Å². The van der Waals surface area contributed by atoms with Crippen LogP contribution in [0.25, 0.3) is 0 Å². The van der Waals surface area contributed by atoms with Crippen LogP contribution in [0.15, 0.2) is 72.8 Å². The normalized spacial score (nSPS) is 23.0. The van der Waals surface area contributed by atoms with Gasteiger partial charge in [0.1, 0.15) is 44.2 Å². The molecule has 5 saturated heterocycles. The third-order valence-corrected chi connectivity index (χ3v) is 28.5. The molecule has 5 N–H and O–H groups in total. The molecule has 0 saturated carbocycles. The lowest BCUT2D eigenvalue weighted by molar-refractivity contribution is -0.168. The molecule has 0 aliphatic carbocycles. The maximum atomic E-state index is 15.1. The zero-order chi connectivity index (χ0) is 101. The Morgan fingerprint density at radius 1 is 0.475 bits per heavy atom. The van der Waals surface area contributed by atoms with Gasteiger partial charge in [0.25, 0.3) is 11.8 Å². The van der Waals surface area contributed by atoms with Crippen molar-refractivity contribution < 1.29 is 134 Å². The highest BCUT2D eigenvalue weighted by Gasteiger charge is 2.48. The van der Waals surface area contributed by atoms with E-state index in [1.807, 2.05) is 6.92 Å². The Morgan fingerprint density at radius 3 is 1.50 bits per heavy atom. The van der Waals surface area contributed by atoms with Crippen molar-refractivity contribution in [2.75, 3.05) is 159 Å². The summed E-state index contributed by atoms with van der Waals surface area (Å²) in [6.07, 6.45) is -0.0744. The summed E-state index contributed by atoms with van der Waals surface area (Å²) in [7, 11) is 5.89. The minimum Gasteiger partial charge on any atom is -0.493 e. The van der Waals surface area contributed by atoms with Crippen LogP contribution >= 0.6 is 23.5 Å². The number of ether oxygens (including phenoxy) is 10. The number of ketones is 3. The van der Waals surface area contributed by atoms with Crippen LogP contribution in [0.5, 0.6) is 23.0 Å². The van der Waals surface area contributed by atoms with Crippen molar-refractivity contribution in [1.29, 1.82) is 0 Å².